The Morgan fingerprint density at radius 1 is 0.824 bits per heavy atom. The van der Waals surface area contributed by atoms with Crippen molar-refractivity contribution in [1.29, 1.82) is 0 Å². The van der Waals surface area contributed by atoms with Gasteiger partial charge in [0.05, 0.1) is 5.56 Å². The molecule has 0 fully saturated rings. The van der Waals surface area contributed by atoms with Gasteiger partial charge < -0.3 is 15.3 Å². The Kier molecular flexibility index (Phi) is 1.72. The molecule has 2 aromatic rings. The molecular formula is C13H8O4. The van der Waals surface area contributed by atoms with Crippen molar-refractivity contribution in [2.24, 2.45) is 0 Å². The van der Waals surface area contributed by atoms with Crippen LogP contribution < -0.4 is 0 Å². The summed E-state index contributed by atoms with van der Waals surface area (Å²) in [5.41, 5.74) is 1.60. The van der Waals surface area contributed by atoms with Crippen molar-refractivity contribution in [3.8, 4) is 28.4 Å². The number of hydrogen-bond acceptors (Lipinski definition) is 4. The fourth-order valence-corrected chi connectivity index (χ4v) is 2.14. The molecule has 0 unspecified atom stereocenters. The number of hydrogen-bond donors (Lipinski definition) is 3. The third-order valence-electron chi connectivity index (χ3n) is 2.94. The van der Waals surface area contributed by atoms with Gasteiger partial charge in [-0.3, -0.25) is 4.79 Å². The minimum Gasteiger partial charge on any atom is -0.504 e. The molecule has 0 saturated carbocycles. The quantitative estimate of drug-likeness (QED) is 0.514. The van der Waals surface area contributed by atoms with Crippen molar-refractivity contribution in [2.75, 3.05) is 0 Å². The van der Waals surface area contributed by atoms with Crippen molar-refractivity contribution < 1.29 is 20.1 Å². The molecule has 0 aromatic heterocycles. The Bertz CT molecular complexity index is 659. The van der Waals surface area contributed by atoms with E-state index in [-0.39, 0.29) is 11.3 Å². The van der Waals surface area contributed by atoms with Gasteiger partial charge in [-0.1, -0.05) is 24.3 Å². The molecule has 0 aliphatic heterocycles. The van der Waals surface area contributed by atoms with Crippen LogP contribution in [0, 0.1) is 0 Å². The van der Waals surface area contributed by atoms with Gasteiger partial charge in [-0.25, -0.2) is 0 Å². The third-order valence-corrected chi connectivity index (χ3v) is 2.94. The first-order chi connectivity index (χ1) is 8.11. The Balaban J connectivity index is 2.44. The summed E-state index contributed by atoms with van der Waals surface area (Å²) in [6, 6.07) is 8.15. The van der Waals surface area contributed by atoms with Crippen LogP contribution >= 0.6 is 0 Å². The molecule has 0 heterocycles. The van der Waals surface area contributed by atoms with E-state index in [0.29, 0.717) is 16.7 Å². The van der Waals surface area contributed by atoms with Crippen molar-refractivity contribution in [3.05, 3.63) is 41.5 Å². The molecule has 3 rings (SSSR count). The molecule has 3 N–H and O–H groups in total. The van der Waals surface area contributed by atoms with E-state index in [1.165, 1.54) is 6.07 Å². The number of phenolic OH excluding ortho intramolecular Hbond substituents is 3. The second kappa shape index (κ2) is 3.01. The van der Waals surface area contributed by atoms with Crippen LogP contribution in [0.2, 0.25) is 0 Å². The van der Waals surface area contributed by atoms with Crippen LogP contribution in [-0.2, 0) is 0 Å². The maximum Gasteiger partial charge on any atom is 0.201 e. The zero-order valence-corrected chi connectivity index (χ0v) is 8.64. The van der Waals surface area contributed by atoms with Gasteiger partial charge in [0.1, 0.15) is 0 Å². The van der Waals surface area contributed by atoms with Gasteiger partial charge in [-0.2, -0.15) is 0 Å². The molecule has 84 valence electrons. The molecule has 0 spiro atoms. The zero-order chi connectivity index (χ0) is 12.2. The molecule has 4 nitrogen and oxygen atoms in total. The SMILES string of the molecule is O=C1c2ccccc2-c2cc(O)c(O)c(O)c21. The van der Waals surface area contributed by atoms with Crippen molar-refractivity contribution in [1.82, 2.24) is 0 Å². The monoisotopic (exact) mass is 228 g/mol. The van der Waals surface area contributed by atoms with Gasteiger partial charge in [0.15, 0.2) is 17.3 Å². The number of benzene rings is 2. The molecule has 0 amide bonds. The number of carbonyl (C=O) groups excluding carboxylic acids is 1. The molecule has 4 heteroatoms. The normalized spacial score (nSPS) is 12.4. The molecule has 0 saturated heterocycles. The van der Waals surface area contributed by atoms with Crippen molar-refractivity contribution in [2.45, 2.75) is 0 Å². The molecule has 0 bridgehead atoms. The first kappa shape index (κ1) is 9.72. The van der Waals surface area contributed by atoms with E-state index >= 15 is 0 Å². The van der Waals surface area contributed by atoms with Gasteiger partial charge >= 0.3 is 0 Å². The molecule has 0 atom stereocenters. The Labute approximate surface area is 96.4 Å². The lowest BCUT2D eigenvalue weighted by molar-refractivity contribution is 0.104. The lowest BCUT2D eigenvalue weighted by Gasteiger charge is -2.06. The molecular weight excluding hydrogens is 220 g/mol. The zero-order valence-electron chi connectivity index (χ0n) is 8.64. The number of phenols is 3. The third kappa shape index (κ3) is 1.09. The van der Waals surface area contributed by atoms with Gasteiger partial charge in [0.2, 0.25) is 5.75 Å². The Morgan fingerprint density at radius 3 is 2.18 bits per heavy atom. The summed E-state index contributed by atoms with van der Waals surface area (Å²) in [4.78, 5) is 12.0. The van der Waals surface area contributed by atoms with Crippen LogP contribution in [0.5, 0.6) is 17.2 Å². The summed E-state index contributed by atoms with van der Waals surface area (Å²) in [6.45, 7) is 0. The van der Waals surface area contributed by atoms with Gasteiger partial charge in [-0.05, 0) is 11.6 Å². The van der Waals surface area contributed by atoms with E-state index in [1.807, 2.05) is 0 Å². The minimum atomic E-state index is -0.662. The fraction of sp³-hybridized carbons (Fsp3) is 0. The van der Waals surface area contributed by atoms with Crippen LogP contribution in [0.1, 0.15) is 15.9 Å². The van der Waals surface area contributed by atoms with Gasteiger partial charge in [-0.15, -0.1) is 0 Å². The second-order valence-corrected chi connectivity index (χ2v) is 3.89. The number of aromatic hydroxyl groups is 3. The van der Waals surface area contributed by atoms with Crippen molar-refractivity contribution >= 4 is 5.78 Å². The molecule has 2 aromatic carbocycles. The standard InChI is InChI=1S/C13H8O4/c14-9-5-8-6-3-1-2-4-7(6)11(15)10(8)13(17)12(9)16/h1-5,14,16-17H. The van der Waals surface area contributed by atoms with Crippen LogP contribution in [0.15, 0.2) is 30.3 Å². The minimum absolute atomic E-state index is 0.0431. The highest BCUT2D eigenvalue weighted by Crippen LogP contribution is 2.48. The molecule has 1 aliphatic carbocycles. The van der Waals surface area contributed by atoms with Gasteiger partial charge in [0.25, 0.3) is 0 Å². The molecule has 1 aliphatic rings. The lowest BCUT2D eigenvalue weighted by Crippen LogP contribution is -1.95. The average Bonchev–Trinajstić information content (AvgIpc) is 2.61. The molecule has 0 radical (unpaired) electrons. The smallest absolute Gasteiger partial charge is 0.201 e. The number of ketones is 1. The highest BCUT2D eigenvalue weighted by atomic mass is 16.3. The second-order valence-electron chi connectivity index (χ2n) is 3.89. The van der Waals surface area contributed by atoms with Crippen molar-refractivity contribution in [3.63, 3.8) is 0 Å². The predicted molar refractivity (Wildman–Crippen MR) is 60.3 cm³/mol. The maximum absolute atomic E-state index is 12.0. The summed E-state index contributed by atoms with van der Waals surface area (Å²) in [5, 5.41) is 28.6. The van der Waals surface area contributed by atoms with E-state index in [4.69, 9.17) is 0 Å². The highest BCUT2D eigenvalue weighted by Gasteiger charge is 2.32. The van der Waals surface area contributed by atoms with E-state index in [9.17, 15) is 20.1 Å². The average molecular weight is 228 g/mol. The van der Waals surface area contributed by atoms with Crippen LogP contribution in [-0.4, -0.2) is 21.1 Å². The first-order valence-corrected chi connectivity index (χ1v) is 5.03. The maximum atomic E-state index is 12.0. The largest absolute Gasteiger partial charge is 0.504 e. The topological polar surface area (TPSA) is 77.8 Å². The predicted octanol–water partition coefficient (Wildman–Crippen LogP) is 2.01. The van der Waals surface area contributed by atoms with E-state index < -0.39 is 17.2 Å². The summed E-state index contributed by atoms with van der Waals surface area (Å²) in [5.74, 6) is -2.01. The van der Waals surface area contributed by atoms with Crippen LogP contribution in [0.25, 0.3) is 11.1 Å². The van der Waals surface area contributed by atoms with E-state index in [2.05, 4.69) is 0 Å². The summed E-state index contributed by atoms with van der Waals surface area (Å²) in [7, 11) is 0. The van der Waals surface area contributed by atoms with Crippen LogP contribution in [0.3, 0.4) is 0 Å². The van der Waals surface area contributed by atoms with Crippen LogP contribution in [0.4, 0.5) is 0 Å². The fourth-order valence-electron chi connectivity index (χ4n) is 2.14. The van der Waals surface area contributed by atoms with Gasteiger partial charge in [0, 0.05) is 11.1 Å². The summed E-state index contributed by atoms with van der Waals surface area (Å²) in [6.07, 6.45) is 0. The number of rotatable bonds is 0. The number of fused-ring (bicyclic) bond motifs is 3. The summed E-state index contributed by atoms with van der Waals surface area (Å²) >= 11 is 0. The number of carbonyl (C=O) groups is 1. The highest BCUT2D eigenvalue weighted by molar-refractivity contribution is 6.23. The van der Waals surface area contributed by atoms with E-state index in [0.717, 1.165) is 0 Å². The Hall–Kier alpha value is -2.49. The summed E-state index contributed by atoms with van der Waals surface area (Å²) < 4.78 is 0. The Morgan fingerprint density at radius 2 is 1.47 bits per heavy atom. The lowest BCUT2D eigenvalue weighted by atomic mass is 10.0. The van der Waals surface area contributed by atoms with E-state index in [1.54, 1.807) is 24.3 Å². The molecule has 17 heavy (non-hydrogen) atoms. The first-order valence-electron chi connectivity index (χ1n) is 5.03.